The molecule has 36 heavy (non-hydrogen) atoms. The van der Waals surface area contributed by atoms with Gasteiger partial charge in [-0.25, -0.2) is 4.98 Å². The lowest BCUT2D eigenvalue weighted by molar-refractivity contribution is -0.132. The van der Waals surface area contributed by atoms with E-state index in [4.69, 9.17) is 9.47 Å². The first-order chi connectivity index (χ1) is 17.3. The first-order valence-electron chi connectivity index (χ1n) is 11.3. The number of carbonyl (C=O) groups excluding carboxylic acids is 2. The van der Waals surface area contributed by atoms with E-state index in [0.717, 1.165) is 15.8 Å². The number of aryl methyl sites for hydroxylation is 2. The Hall–Kier alpha value is -4.17. The highest BCUT2D eigenvalue weighted by Crippen LogP contribution is 2.44. The zero-order valence-electron chi connectivity index (χ0n) is 20.2. The van der Waals surface area contributed by atoms with Gasteiger partial charge in [-0.15, -0.1) is 0 Å². The van der Waals surface area contributed by atoms with Crippen molar-refractivity contribution >= 4 is 44.1 Å². The van der Waals surface area contributed by atoms with Crippen LogP contribution in [0.5, 0.6) is 11.5 Å². The number of rotatable bonds is 5. The van der Waals surface area contributed by atoms with E-state index < -0.39 is 17.7 Å². The number of ether oxygens (including phenoxy) is 2. The van der Waals surface area contributed by atoms with Gasteiger partial charge in [-0.1, -0.05) is 41.2 Å². The summed E-state index contributed by atoms with van der Waals surface area (Å²) in [7, 11) is 3.15. The number of carbonyl (C=O) groups is 2. The minimum atomic E-state index is -0.838. The van der Waals surface area contributed by atoms with Gasteiger partial charge >= 0.3 is 5.91 Å². The zero-order chi connectivity index (χ0) is 25.6. The minimum absolute atomic E-state index is 0.0188. The molecule has 182 valence electrons. The zero-order valence-corrected chi connectivity index (χ0v) is 21.1. The first-order valence-corrected chi connectivity index (χ1v) is 12.1. The predicted molar refractivity (Wildman–Crippen MR) is 140 cm³/mol. The smallest absolute Gasteiger partial charge is 0.301 e. The van der Waals surface area contributed by atoms with Gasteiger partial charge in [0.1, 0.15) is 17.3 Å². The highest BCUT2D eigenvalue weighted by Gasteiger charge is 2.48. The Labute approximate surface area is 212 Å². The third-order valence-electron chi connectivity index (χ3n) is 6.30. The number of amides is 1. The lowest BCUT2D eigenvalue weighted by Gasteiger charge is -2.23. The van der Waals surface area contributed by atoms with Crippen LogP contribution in [0, 0.1) is 13.8 Å². The third kappa shape index (κ3) is 3.89. The van der Waals surface area contributed by atoms with Crippen LogP contribution < -0.4 is 14.4 Å². The molecule has 0 saturated carbocycles. The van der Waals surface area contributed by atoms with Crippen LogP contribution >= 0.6 is 11.3 Å². The molecule has 5 rings (SSSR count). The molecular weight excluding hydrogens is 476 g/mol. The molecule has 0 spiro atoms. The number of thiazole rings is 1. The molecule has 7 nitrogen and oxygen atoms in total. The number of ketones is 1. The van der Waals surface area contributed by atoms with E-state index in [0.29, 0.717) is 33.3 Å². The Morgan fingerprint density at radius 1 is 0.972 bits per heavy atom. The number of aromatic nitrogens is 1. The monoisotopic (exact) mass is 500 g/mol. The highest BCUT2D eigenvalue weighted by molar-refractivity contribution is 7.22. The summed E-state index contributed by atoms with van der Waals surface area (Å²) in [5.41, 5.74) is 3.66. The van der Waals surface area contributed by atoms with Gasteiger partial charge in [-0.05, 0) is 61.4 Å². The van der Waals surface area contributed by atoms with Crippen molar-refractivity contribution in [2.45, 2.75) is 19.9 Å². The Morgan fingerprint density at radius 3 is 2.39 bits per heavy atom. The second-order valence-corrected chi connectivity index (χ2v) is 9.60. The summed E-state index contributed by atoms with van der Waals surface area (Å²) in [5, 5.41) is 11.7. The van der Waals surface area contributed by atoms with Crippen LogP contribution in [0.3, 0.4) is 0 Å². The van der Waals surface area contributed by atoms with Crippen molar-refractivity contribution in [3.05, 3.63) is 88.5 Å². The SMILES string of the molecule is COc1ccc2nc(N3C(=O)C(=O)C(=C(O)c4ccc(OC)c(C)c4)[C@@H]3c3ccc(C)cc3)sc2c1. The summed E-state index contributed by atoms with van der Waals surface area (Å²) in [4.78, 5) is 32.9. The molecule has 2 heterocycles. The molecule has 1 atom stereocenters. The molecule has 1 aromatic heterocycles. The number of anilines is 1. The molecule has 1 fully saturated rings. The molecule has 0 radical (unpaired) electrons. The van der Waals surface area contributed by atoms with Gasteiger partial charge in [-0.2, -0.15) is 0 Å². The Kier molecular flexibility index (Phi) is 5.97. The average molecular weight is 501 g/mol. The molecule has 0 aliphatic carbocycles. The summed E-state index contributed by atoms with van der Waals surface area (Å²) in [6.45, 7) is 3.81. The van der Waals surface area contributed by atoms with Crippen LogP contribution in [0.4, 0.5) is 5.13 Å². The Morgan fingerprint density at radius 2 is 1.72 bits per heavy atom. The molecule has 1 amide bonds. The maximum absolute atomic E-state index is 13.4. The van der Waals surface area contributed by atoms with Crippen LogP contribution in [0.2, 0.25) is 0 Å². The molecule has 4 aromatic rings. The molecule has 1 N–H and O–H groups in total. The molecule has 3 aromatic carbocycles. The molecule has 0 unspecified atom stereocenters. The van der Waals surface area contributed by atoms with Crippen molar-refractivity contribution in [2.24, 2.45) is 0 Å². The third-order valence-corrected chi connectivity index (χ3v) is 7.31. The van der Waals surface area contributed by atoms with Gasteiger partial charge in [-0.3, -0.25) is 14.5 Å². The van der Waals surface area contributed by atoms with E-state index in [1.54, 1.807) is 38.5 Å². The van der Waals surface area contributed by atoms with Crippen molar-refractivity contribution in [2.75, 3.05) is 19.1 Å². The number of hydrogen-bond donors (Lipinski definition) is 1. The van der Waals surface area contributed by atoms with E-state index >= 15 is 0 Å². The van der Waals surface area contributed by atoms with Crippen LogP contribution in [0.15, 0.2) is 66.2 Å². The van der Waals surface area contributed by atoms with E-state index in [-0.39, 0.29) is 11.3 Å². The lowest BCUT2D eigenvalue weighted by atomic mass is 9.94. The first kappa shape index (κ1) is 23.6. The van der Waals surface area contributed by atoms with E-state index in [9.17, 15) is 14.7 Å². The number of aliphatic hydroxyl groups is 1. The normalized spacial score (nSPS) is 17.1. The van der Waals surface area contributed by atoms with Gasteiger partial charge < -0.3 is 14.6 Å². The highest BCUT2D eigenvalue weighted by atomic mass is 32.1. The van der Waals surface area contributed by atoms with Crippen LogP contribution in [-0.4, -0.2) is 36.0 Å². The van der Waals surface area contributed by atoms with Crippen molar-refractivity contribution in [3.63, 3.8) is 0 Å². The van der Waals surface area contributed by atoms with E-state index in [1.807, 2.05) is 50.2 Å². The van der Waals surface area contributed by atoms with Crippen LogP contribution in [0.25, 0.3) is 16.0 Å². The minimum Gasteiger partial charge on any atom is -0.507 e. The van der Waals surface area contributed by atoms with Gasteiger partial charge in [0.05, 0.1) is 36.1 Å². The Balaban J connectivity index is 1.71. The molecule has 1 aliphatic rings. The predicted octanol–water partition coefficient (Wildman–Crippen LogP) is 5.56. The van der Waals surface area contributed by atoms with Gasteiger partial charge in [0.15, 0.2) is 5.13 Å². The average Bonchev–Trinajstić information content (AvgIpc) is 3.41. The van der Waals surface area contributed by atoms with Crippen LogP contribution in [0.1, 0.15) is 28.3 Å². The summed E-state index contributed by atoms with van der Waals surface area (Å²) in [5.74, 6) is -0.409. The maximum Gasteiger partial charge on any atom is 0.301 e. The standard InChI is InChI=1S/C28H24N2O5S/c1-15-5-7-17(8-6-15)24-23(25(31)18-9-12-21(35-4)16(2)13-18)26(32)27(33)30(24)28-29-20-11-10-19(34-3)14-22(20)36-28/h5-14,24,31H,1-4H3/t24-/m0/s1. The van der Waals surface area contributed by atoms with Gasteiger partial charge in [0.2, 0.25) is 0 Å². The second-order valence-electron chi connectivity index (χ2n) is 8.59. The molecule has 1 saturated heterocycles. The quantitative estimate of drug-likeness (QED) is 0.219. The van der Waals surface area contributed by atoms with Crippen LogP contribution in [-0.2, 0) is 9.59 Å². The topological polar surface area (TPSA) is 89.0 Å². The molecule has 0 bridgehead atoms. The number of benzene rings is 3. The van der Waals surface area contributed by atoms with Gasteiger partial charge in [0, 0.05) is 5.56 Å². The number of nitrogens with zero attached hydrogens (tertiary/aromatic N) is 2. The summed E-state index contributed by atoms with van der Waals surface area (Å²) >= 11 is 1.29. The molecule has 1 aliphatic heterocycles. The summed E-state index contributed by atoms with van der Waals surface area (Å²) in [6.07, 6.45) is 0. The van der Waals surface area contributed by atoms with Crippen molar-refractivity contribution in [3.8, 4) is 11.5 Å². The number of fused-ring (bicyclic) bond motifs is 1. The fraction of sp³-hybridized carbons (Fsp3) is 0.179. The summed E-state index contributed by atoms with van der Waals surface area (Å²) in [6, 6.07) is 17.3. The van der Waals surface area contributed by atoms with Gasteiger partial charge in [0.25, 0.3) is 5.78 Å². The van der Waals surface area contributed by atoms with Crippen molar-refractivity contribution in [1.82, 2.24) is 4.98 Å². The fourth-order valence-electron chi connectivity index (χ4n) is 4.40. The molecule has 8 heteroatoms. The van der Waals surface area contributed by atoms with E-state index in [2.05, 4.69) is 4.98 Å². The fourth-order valence-corrected chi connectivity index (χ4v) is 5.42. The number of Topliss-reactive ketones (excluding diaryl/α,β-unsaturated/α-hetero) is 1. The number of aliphatic hydroxyl groups excluding tert-OH is 1. The lowest BCUT2D eigenvalue weighted by Crippen LogP contribution is -2.29. The molecular formula is C28H24N2O5S. The summed E-state index contributed by atoms with van der Waals surface area (Å²) < 4.78 is 11.5. The van der Waals surface area contributed by atoms with Crippen molar-refractivity contribution in [1.29, 1.82) is 0 Å². The number of hydrogen-bond acceptors (Lipinski definition) is 7. The van der Waals surface area contributed by atoms with Crippen molar-refractivity contribution < 1.29 is 24.2 Å². The largest absolute Gasteiger partial charge is 0.507 e. The maximum atomic E-state index is 13.4. The second kappa shape index (κ2) is 9.13. The number of methoxy groups -OCH3 is 2. The van der Waals surface area contributed by atoms with E-state index in [1.165, 1.54) is 16.2 Å². The Bertz CT molecular complexity index is 1540.